The van der Waals surface area contributed by atoms with Gasteiger partial charge in [0.2, 0.25) is 0 Å². The second kappa shape index (κ2) is 7.13. The first-order chi connectivity index (χ1) is 11.6. The fourth-order valence-electron chi connectivity index (χ4n) is 3.12. The maximum atomic E-state index is 13.0. The van der Waals surface area contributed by atoms with Crippen LogP contribution in [0.3, 0.4) is 0 Å². The molecule has 1 aliphatic rings. The summed E-state index contributed by atoms with van der Waals surface area (Å²) in [4.78, 5) is 19.4. The van der Waals surface area contributed by atoms with Gasteiger partial charge in [0.1, 0.15) is 5.82 Å². The van der Waals surface area contributed by atoms with Crippen molar-refractivity contribution in [3.05, 3.63) is 47.0 Å². The summed E-state index contributed by atoms with van der Waals surface area (Å²) >= 11 is 0. The van der Waals surface area contributed by atoms with E-state index in [1.54, 1.807) is 12.1 Å². The van der Waals surface area contributed by atoms with Crippen LogP contribution in [0.25, 0.3) is 0 Å². The second-order valence-electron chi connectivity index (χ2n) is 6.60. The van der Waals surface area contributed by atoms with Gasteiger partial charge in [0.15, 0.2) is 5.82 Å². The summed E-state index contributed by atoms with van der Waals surface area (Å²) in [6, 6.07) is 7.11. The molecular formula is C18H24N4O2. The molecule has 1 aliphatic heterocycles. The molecular weight excluding hydrogens is 304 g/mol. The van der Waals surface area contributed by atoms with Crippen molar-refractivity contribution in [1.29, 1.82) is 0 Å². The summed E-state index contributed by atoms with van der Waals surface area (Å²) in [5, 5.41) is 16.6. The number of nitrogens with zero attached hydrogens (tertiary/aromatic N) is 3. The number of benzene rings is 1. The van der Waals surface area contributed by atoms with E-state index < -0.39 is 0 Å². The molecule has 128 valence electrons. The number of rotatable bonds is 4. The number of hydrogen-bond acceptors (Lipinski definition) is 4. The predicted molar refractivity (Wildman–Crippen MR) is 90.5 cm³/mol. The Kier molecular flexibility index (Phi) is 4.94. The number of H-pyrrole nitrogens is 1. The smallest absolute Gasteiger partial charge is 0.254 e. The largest absolute Gasteiger partial charge is 0.392 e. The minimum absolute atomic E-state index is 0.0162. The molecule has 2 aromatic rings. The van der Waals surface area contributed by atoms with Crippen LogP contribution in [0.1, 0.15) is 72.6 Å². The Morgan fingerprint density at radius 3 is 2.96 bits per heavy atom. The quantitative estimate of drug-likeness (QED) is 0.904. The number of piperidine rings is 1. The SMILES string of the molecule is CC(C)c1n[nH]c([C@@H]2CCCCN2C(=O)c2cccc(CO)c2)n1. The Bertz CT molecular complexity index is 711. The van der Waals surface area contributed by atoms with Crippen molar-refractivity contribution in [2.24, 2.45) is 0 Å². The first kappa shape index (κ1) is 16.6. The summed E-state index contributed by atoms with van der Waals surface area (Å²) in [5.41, 5.74) is 1.35. The molecule has 1 saturated heterocycles. The fraction of sp³-hybridized carbons (Fsp3) is 0.500. The van der Waals surface area contributed by atoms with E-state index in [2.05, 4.69) is 29.0 Å². The number of aliphatic hydroxyl groups is 1. The summed E-state index contributed by atoms with van der Waals surface area (Å²) in [6.07, 6.45) is 2.95. The highest BCUT2D eigenvalue weighted by Gasteiger charge is 2.31. The molecule has 0 radical (unpaired) electrons. The fourth-order valence-corrected chi connectivity index (χ4v) is 3.12. The number of hydrogen-bond donors (Lipinski definition) is 2. The van der Waals surface area contributed by atoms with E-state index in [0.717, 1.165) is 36.5 Å². The number of carbonyl (C=O) groups excluding carboxylic acids is 1. The molecule has 1 aromatic carbocycles. The van der Waals surface area contributed by atoms with Gasteiger partial charge in [-0.15, -0.1) is 0 Å². The Hall–Kier alpha value is -2.21. The minimum Gasteiger partial charge on any atom is -0.392 e. The second-order valence-corrected chi connectivity index (χ2v) is 6.60. The zero-order chi connectivity index (χ0) is 17.1. The monoisotopic (exact) mass is 328 g/mol. The number of aromatic nitrogens is 3. The van der Waals surface area contributed by atoms with E-state index in [-0.39, 0.29) is 24.5 Å². The number of likely N-dealkylation sites (tertiary alicyclic amines) is 1. The van der Waals surface area contributed by atoms with Crippen LogP contribution in [-0.4, -0.2) is 37.6 Å². The molecule has 24 heavy (non-hydrogen) atoms. The topological polar surface area (TPSA) is 82.1 Å². The standard InChI is InChI=1S/C18H24N4O2/c1-12(2)16-19-17(21-20-16)15-8-3-4-9-22(15)18(24)14-7-5-6-13(10-14)11-23/h5-7,10,12,15,23H,3-4,8-9,11H2,1-2H3,(H,19,20,21)/t15-/m0/s1. The summed E-state index contributed by atoms with van der Waals surface area (Å²) in [6.45, 7) is 4.75. The van der Waals surface area contributed by atoms with Gasteiger partial charge in [-0.25, -0.2) is 4.98 Å². The molecule has 0 aliphatic carbocycles. The molecule has 1 amide bonds. The average Bonchev–Trinajstić information content (AvgIpc) is 3.11. The normalized spacial score (nSPS) is 18.2. The van der Waals surface area contributed by atoms with Gasteiger partial charge in [-0.3, -0.25) is 9.89 Å². The highest BCUT2D eigenvalue weighted by molar-refractivity contribution is 5.94. The van der Waals surface area contributed by atoms with Gasteiger partial charge in [-0.1, -0.05) is 26.0 Å². The zero-order valence-corrected chi connectivity index (χ0v) is 14.2. The van der Waals surface area contributed by atoms with E-state index in [0.29, 0.717) is 12.1 Å². The molecule has 0 bridgehead atoms. The van der Waals surface area contributed by atoms with Crippen LogP contribution in [0.4, 0.5) is 0 Å². The summed E-state index contributed by atoms with van der Waals surface area (Å²) < 4.78 is 0. The van der Waals surface area contributed by atoms with Crippen molar-refractivity contribution in [2.75, 3.05) is 6.54 Å². The average molecular weight is 328 g/mol. The lowest BCUT2D eigenvalue weighted by Crippen LogP contribution is -2.39. The molecule has 1 atom stereocenters. The van der Waals surface area contributed by atoms with E-state index in [9.17, 15) is 9.90 Å². The number of carbonyl (C=O) groups is 1. The lowest BCUT2D eigenvalue weighted by Gasteiger charge is -2.34. The third-order valence-electron chi connectivity index (χ3n) is 4.47. The Morgan fingerprint density at radius 1 is 1.42 bits per heavy atom. The number of amides is 1. The summed E-state index contributed by atoms with van der Waals surface area (Å²) in [5.74, 6) is 1.79. The third kappa shape index (κ3) is 3.33. The van der Waals surface area contributed by atoms with Crippen LogP contribution in [0.5, 0.6) is 0 Å². The Balaban J connectivity index is 1.86. The van der Waals surface area contributed by atoms with Gasteiger partial charge < -0.3 is 10.0 Å². The van der Waals surface area contributed by atoms with Gasteiger partial charge in [-0.2, -0.15) is 5.10 Å². The van der Waals surface area contributed by atoms with Gasteiger partial charge in [0.25, 0.3) is 5.91 Å². The first-order valence-corrected chi connectivity index (χ1v) is 8.53. The van der Waals surface area contributed by atoms with Crippen LogP contribution < -0.4 is 0 Å². The Labute approximate surface area is 141 Å². The molecule has 2 heterocycles. The number of aromatic amines is 1. The van der Waals surface area contributed by atoms with Gasteiger partial charge >= 0.3 is 0 Å². The summed E-state index contributed by atoms with van der Waals surface area (Å²) in [7, 11) is 0. The van der Waals surface area contributed by atoms with Crippen molar-refractivity contribution in [1.82, 2.24) is 20.1 Å². The van der Waals surface area contributed by atoms with E-state index >= 15 is 0 Å². The molecule has 6 nitrogen and oxygen atoms in total. The van der Waals surface area contributed by atoms with Gasteiger partial charge in [0.05, 0.1) is 12.6 Å². The molecule has 6 heteroatoms. The molecule has 2 N–H and O–H groups in total. The first-order valence-electron chi connectivity index (χ1n) is 8.53. The van der Waals surface area contributed by atoms with Crippen LogP contribution in [0, 0.1) is 0 Å². The van der Waals surface area contributed by atoms with Crippen LogP contribution in [0.2, 0.25) is 0 Å². The van der Waals surface area contributed by atoms with Crippen LogP contribution >= 0.6 is 0 Å². The van der Waals surface area contributed by atoms with E-state index in [4.69, 9.17) is 0 Å². The van der Waals surface area contributed by atoms with Gasteiger partial charge in [-0.05, 0) is 37.0 Å². The highest BCUT2D eigenvalue weighted by Crippen LogP contribution is 2.30. The van der Waals surface area contributed by atoms with Crippen molar-refractivity contribution in [2.45, 2.75) is 51.7 Å². The van der Waals surface area contributed by atoms with Crippen LogP contribution in [-0.2, 0) is 6.61 Å². The van der Waals surface area contributed by atoms with E-state index in [1.165, 1.54) is 0 Å². The third-order valence-corrected chi connectivity index (χ3v) is 4.47. The van der Waals surface area contributed by atoms with Crippen molar-refractivity contribution >= 4 is 5.91 Å². The molecule has 0 unspecified atom stereocenters. The predicted octanol–water partition coefficient (Wildman–Crippen LogP) is 2.79. The highest BCUT2D eigenvalue weighted by atomic mass is 16.3. The molecule has 0 spiro atoms. The molecule has 1 fully saturated rings. The number of aliphatic hydroxyl groups excluding tert-OH is 1. The lowest BCUT2D eigenvalue weighted by atomic mass is 9.99. The molecule has 1 aromatic heterocycles. The van der Waals surface area contributed by atoms with E-state index in [1.807, 2.05) is 17.0 Å². The maximum Gasteiger partial charge on any atom is 0.254 e. The Morgan fingerprint density at radius 2 is 2.25 bits per heavy atom. The maximum absolute atomic E-state index is 13.0. The molecule has 3 rings (SSSR count). The van der Waals surface area contributed by atoms with Crippen molar-refractivity contribution in [3.63, 3.8) is 0 Å². The lowest BCUT2D eigenvalue weighted by molar-refractivity contribution is 0.0600. The van der Waals surface area contributed by atoms with Crippen LogP contribution in [0.15, 0.2) is 24.3 Å². The molecule has 0 saturated carbocycles. The van der Waals surface area contributed by atoms with Crippen molar-refractivity contribution < 1.29 is 9.90 Å². The minimum atomic E-state index is -0.0657. The zero-order valence-electron chi connectivity index (χ0n) is 14.2. The number of nitrogens with one attached hydrogen (secondary N) is 1. The van der Waals surface area contributed by atoms with Crippen molar-refractivity contribution in [3.8, 4) is 0 Å². The van der Waals surface area contributed by atoms with Gasteiger partial charge in [0, 0.05) is 18.0 Å².